The Morgan fingerprint density at radius 1 is 1.54 bits per heavy atom. The molecule has 13 heavy (non-hydrogen) atoms. The van der Waals surface area contributed by atoms with Gasteiger partial charge in [-0.15, -0.1) is 0 Å². The van der Waals surface area contributed by atoms with Gasteiger partial charge in [0.05, 0.1) is 5.69 Å². The number of oxazole rings is 1. The molecule has 0 spiro atoms. The van der Waals surface area contributed by atoms with Crippen molar-refractivity contribution < 1.29 is 4.42 Å². The highest BCUT2D eigenvalue weighted by molar-refractivity contribution is 7.99. The van der Waals surface area contributed by atoms with Crippen molar-refractivity contribution in [2.45, 2.75) is 38.5 Å². The second kappa shape index (κ2) is 4.67. The molecule has 0 aliphatic heterocycles. The average Bonchev–Trinajstić information content (AvgIpc) is 2.30. The van der Waals surface area contributed by atoms with Crippen LogP contribution < -0.4 is 5.73 Å². The zero-order chi connectivity index (χ0) is 9.84. The van der Waals surface area contributed by atoms with E-state index in [0.717, 1.165) is 28.9 Å². The van der Waals surface area contributed by atoms with Crippen LogP contribution in [0.2, 0.25) is 0 Å². The van der Waals surface area contributed by atoms with E-state index in [-0.39, 0.29) is 6.04 Å². The van der Waals surface area contributed by atoms with Crippen LogP contribution in [0.25, 0.3) is 0 Å². The maximum absolute atomic E-state index is 5.63. The number of aromatic nitrogens is 1. The van der Waals surface area contributed by atoms with Crippen LogP contribution in [-0.2, 0) is 0 Å². The van der Waals surface area contributed by atoms with Gasteiger partial charge < -0.3 is 10.2 Å². The number of nitrogens with two attached hydrogens (primary N) is 1. The number of aryl methyl sites for hydroxylation is 2. The molecule has 1 rings (SSSR count). The second-order valence-electron chi connectivity index (χ2n) is 3.24. The van der Waals surface area contributed by atoms with Crippen molar-refractivity contribution in [2.24, 2.45) is 5.73 Å². The van der Waals surface area contributed by atoms with Crippen LogP contribution in [0.1, 0.15) is 24.8 Å². The van der Waals surface area contributed by atoms with Crippen LogP contribution in [0.15, 0.2) is 9.64 Å². The lowest BCUT2D eigenvalue weighted by Gasteiger charge is -2.00. The quantitative estimate of drug-likeness (QED) is 0.756. The largest absolute Gasteiger partial charge is 0.437 e. The van der Waals surface area contributed by atoms with Gasteiger partial charge in [0.2, 0.25) is 0 Å². The van der Waals surface area contributed by atoms with Gasteiger partial charge in [0, 0.05) is 11.8 Å². The number of rotatable bonds is 4. The second-order valence-corrected chi connectivity index (χ2v) is 4.28. The number of hydrogen-bond acceptors (Lipinski definition) is 4. The van der Waals surface area contributed by atoms with Crippen molar-refractivity contribution in [3.8, 4) is 0 Å². The SMILES string of the molecule is Cc1nc(SCCC(C)N)oc1C. The molecular weight excluding hydrogens is 184 g/mol. The van der Waals surface area contributed by atoms with E-state index in [1.807, 2.05) is 20.8 Å². The fraction of sp³-hybridized carbons (Fsp3) is 0.667. The van der Waals surface area contributed by atoms with Gasteiger partial charge in [0.25, 0.3) is 5.22 Å². The summed E-state index contributed by atoms with van der Waals surface area (Å²) in [5, 5.41) is 0.760. The molecule has 1 heterocycles. The predicted octanol–water partition coefficient (Wildman–Crippen LogP) is 2.12. The van der Waals surface area contributed by atoms with E-state index in [0.29, 0.717) is 0 Å². The van der Waals surface area contributed by atoms with E-state index in [4.69, 9.17) is 10.2 Å². The Balaban J connectivity index is 2.37. The molecule has 0 aliphatic rings. The van der Waals surface area contributed by atoms with Crippen molar-refractivity contribution in [3.05, 3.63) is 11.5 Å². The topological polar surface area (TPSA) is 52.0 Å². The molecule has 3 nitrogen and oxygen atoms in total. The van der Waals surface area contributed by atoms with Crippen LogP contribution in [0.3, 0.4) is 0 Å². The number of thioether (sulfide) groups is 1. The van der Waals surface area contributed by atoms with E-state index < -0.39 is 0 Å². The van der Waals surface area contributed by atoms with Crippen LogP contribution in [-0.4, -0.2) is 16.8 Å². The first kappa shape index (κ1) is 10.6. The first-order valence-electron chi connectivity index (χ1n) is 4.42. The molecule has 0 saturated heterocycles. The Bertz CT molecular complexity index is 251. The summed E-state index contributed by atoms with van der Waals surface area (Å²) in [6.07, 6.45) is 0.991. The van der Waals surface area contributed by atoms with Gasteiger partial charge >= 0.3 is 0 Å². The fourth-order valence-electron chi connectivity index (χ4n) is 0.837. The Hall–Kier alpha value is -0.480. The van der Waals surface area contributed by atoms with Crippen molar-refractivity contribution in [2.75, 3.05) is 5.75 Å². The van der Waals surface area contributed by atoms with Crippen LogP contribution in [0.5, 0.6) is 0 Å². The zero-order valence-electron chi connectivity index (χ0n) is 8.33. The Morgan fingerprint density at radius 2 is 2.23 bits per heavy atom. The standard InChI is InChI=1S/C9H16N2OS/c1-6(10)4-5-13-9-11-7(2)8(3)12-9/h6H,4-5,10H2,1-3H3. The van der Waals surface area contributed by atoms with Gasteiger partial charge in [0.15, 0.2) is 0 Å². The summed E-state index contributed by atoms with van der Waals surface area (Å²) in [6.45, 7) is 5.89. The number of hydrogen-bond donors (Lipinski definition) is 1. The van der Waals surface area contributed by atoms with Gasteiger partial charge in [-0.2, -0.15) is 0 Å². The first-order chi connectivity index (χ1) is 6.09. The highest BCUT2D eigenvalue weighted by Crippen LogP contribution is 2.20. The first-order valence-corrected chi connectivity index (χ1v) is 5.40. The molecule has 74 valence electrons. The van der Waals surface area contributed by atoms with Gasteiger partial charge in [-0.05, 0) is 27.2 Å². The zero-order valence-corrected chi connectivity index (χ0v) is 9.15. The van der Waals surface area contributed by atoms with E-state index in [1.165, 1.54) is 0 Å². The van der Waals surface area contributed by atoms with Crippen molar-refractivity contribution in [3.63, 3.8) is 0 Å². The summed E-state index contributed by atoms with van der Waals surface area (Å²) >= 11 is 1.63. The van der Waals surface area contributed by atoms with Crippen LogP contribution in [0, 0.1) is 13.8 Å². The molecule has 0 radical (unpaired) electrons. The third kappa shape index (κ3) is 3.40. The summed E-state index contributed by atoms with van der Waals surface area (Å²) in [6, 6.07) is 0.254. The molecule has 1 atom stereocenters. The molecule has 1 aromatic rings. The Labute approximate surface area is 83.1 Å². The molecular formula is C9H16N2OS. The maximum atomic E-state index is 5.63. The van der Waals surface area contributed by atoms with Gasteiger partial charge in [-0.25, -0.2) is 4.98 Å². The van der Waals surface area contributed by atoms with E-state index >= 15 is 0 Å². The molecule has 1 unspecified atom stereocenters. The summed E-state index contributed by atoms with van der Waals surface area (Å²) in [4.78, 5) is 4.26. The minimum absolute atomic E-state index is 0.254. The summed E-state index contributed by atoms with van der Waals surface area (Å²) in [5.41, 5.74) is 6.60. The van der Waals surface area contributed by atoms with Crippen molar-refractivity contribution in [1.29, 1.82) is 0 Å². The molecule has 0 aliphatic carbocycles. The van der Waals surface area contributed by atoms with Crippen LogP contribution >= 0.6 is 11.8 Å². The minimum Gasteiger partial charge on any atom is -0.437 e. The lowest BCUT2D eigenvalue weighted by molar-refractivity contribution is 0.431. The van der Waals surface area contributed by atoms with Crippen molar-refractivity contribution >= 4 is 11.8 Å². The van der Waals surface area contributed by atoms with E-state index in [2.05, 4.69) is 4.98 Å². The van der Waals surface area contributed by atoms with E-state index in [9.17, 15) is 0 Å². The smallest absolute Gasteiger partial charge is 0.256 e. The summed E-state index contributed by atoms with van der Waals surface area (Å²) in [5.74, 6) is 1.88. The third-order valence-corrected chi connectivity index (χ3v) is 2.67. The fourth-order valence-corrected chi connectivity index (χ4v) is 1.89. The molecule has 0 amide bonds. The molecule has 0 saturated carbocycles. The Morgan fingerprint density at radius 3 is 2.69 bits per heavy atom. The molecule has 1 aromatic heterocycles. The van der Waals surface area contributed by atoms with Crippen LogP contribution in [0.4, 0.5) is 0 Å². The lowest BCUT2D eigenvalue weighted by Crippen LogP contribution is -2.15. The maximum Gasteiger partial charge on any atom is 0.256 e. The normalized spacial score (nSPS) is 13.2. The molecule has 4 heteroatoms. The highest BCUT2D eigenvalue weighted by atomic mass is 32.2. The third-order valence-electron chi connectivity index (χ3n) is 1.81. The molecule has 0 fully saturated rings. The summed E-state index contributed by atoms with van der Waals surface area (Å²) in [7, 11) is 0. The van der Waals surface area contributed by atoms with Crippen molar-refractivity contribution in [1.82, 2.24) is 4.98 Å². The highest BCUT2D eigenvalue weighted by Gasteiger charge is 2.05. The van der Waals surface area contributed by atoms with E-state index in [1.54, 1.807) is 11.8 Å². The minimum atomic E-state index is 0.254. The molecule has 0 bridgehead atoms. The monoisotopic (exact) mass is 200 g/mol. The predicted molar refractivity (Wildman–Crippen MR) is 55.0 cm³/mol. The van der Waals surface area contributed by atoms with Gasteiger partial charge in [-0.3, -0.25) is 0 Å². The molecule has 2 N–H and O–H groups in total. The lowest BCUT2D eigenvalue weighted by atomic mass is 10.3. The summed E-state index contributed by atoms with van der Waals surface area (Å²) < 4.78 is 5.41. The van der Waals surface area contributed by atoms with Gasteiger partial charge in [0.1, 0.15) is 5.76 Å². The van der Waals surface area contributed by atoms with Gasteiger partial charge in [-0.1, -0.05) is 11.8 Å². The average molecular weight is 200 g/mol. The molecule has 0 aromatic carbocycles. The Kier molecular flexibility index (Phi) is 3.81. The number of nitrogens with zero attached hydrogens (tertiary/aromatic N) is 1.